The second-order valence-electron chi connectivity index (χ2n) is 5.77. The van der Waals surface area contributed by atoms with Crippen molar-refractivity contribution in [1.29, 1.82) is 0 Å². The molecule has 2 aromatic carbocycles. The van der Waals surface area contributed by atoms with Gasteiger partial charge in [-0.1, -0.05) is 39.7 Å². The number of aliphatic hydroxyl groups excluding tert-OH is 1. The third kappa shape index (κ3) is 2.85. The van der Waals surface area contributed by atoms with Crippen molar-refractivity contribution in [3.05, 3.63) is 57.6 Å². The van der Waals surface area contributed by atoms with Crippen molar-refractivity contribution in [2.24, 2.45) is 0 Å². The van der Waals surface area contributed by atoms with Gasteiger partial charge in [0.1, 0.15) is 0 Å². The van der Waals surface area contributed by atoms with E-state index in [4.69, 9.17) is 0 Å². The minimum Gasteiger partial charge on any atom is -0.389 e. The molecule has 2 nitrogen and oxygen atoms in total. The van der Waals surface area contributed by atoms with Crippen molar-refractivity contribution in [3.8, 4) is 0 Å². The topological polar surface area (TPSA) is 23.5 Å². The van der Waals surface area contributed by atoms with Crippen LogP contribution >= 0.6 is 15.9 Å². The number of hydrogen-bond donors (Lipinski definition) is 1. The summed E-state index contributed by atoms with van der Waals surface area (Å²) in [4.78, 5) is 2.34. The summed E-state index contributed by atoms with van der Waals surface area (Å²) < 4.78 is 1.04. The smallest absolute Gasteiger partial charge is 0.0782 e. The molecule has 1 heterocycles. The highest BCUT2D eigenvalue weighted by Gasteiger charge is 2.22. The molecule has 0 amide bonds. The van der Waals surface area contributed by atoms with E-state index in [1.807, 2.05) is 19.1 Å². The average Bonchev–Trinajstić information content (AvgIpc) is 2.45. The van der Waals surface area contributed by atoms with Crippen LogP contribution in [0.3, 0.4) is 0 Å². The summed E-state index contributed by atoms with van der Waals surface area (Å²) in [5.41, 5.74) is 6.06. The Morgan fingerprint density at radius 1 is 1.14 bits per heavy atom. The normalized spacial score (nSPS) is 15.7. The maximum absolute atomic E-state index is 10.1. The van der Waals surface area contributed by atoms with E-state index in [1.165, 1.54) is 16.8 Å². The number of anilines is 2. The molecule has 1 atom stereocenters. The third-order valence-corrected chi connectivity index (χ3v) is 4.58. The van der Waals surface area contributed by atoms with Gasteiger partial charge in [0, 0.05) is 28.0 Å². The predicted molar refractivity (Wildman–Crippen MR) is 91.3 cm³/mol. The van der Waals surface area contributed by atoms with Gasteiger partial charge in [0.25, 0.3) is 0 Å². The average molecular weight is 346 g/mol. The molecule has 0 fully saturated rings. The van der Waals surface area contributed by atoms with Crippen LogP contribution in [0.4, 0.5) is 11.4 Å². The minimum absolute atomic E-state index is 0.469. The van der Waals surface area contributed by atoms with E-state index in [-0.39, 0.29) is 0 Å². The number of benzene rings is 2. The third-order valence-electron chi connectivity index (χ3n) is 4.09. The highest BCUT2D eigenvalue weighted by atomic mass is 79.9. The molecule has 0 bridgehead atoms. The molecular weight excluding hydrogens is 326 g/mol. The molecule has 2 aromatic rings. The Kier molecular flexibility index (Phi) is 4.05. The summed E-state index contributed by atoms with van der Waals surface area (Å²) >= 11 is 3.56. The van der Waals surface area contributed by atoms with Gasteiger partial charge in [-0.2, -0.15) is 0 Å². The van der Waals surface area contributed by atoms with Gasteiger partial charge in [0.2, 0.25) is 0 Å². The van der Waals surface area contributed by atoms with Crippen molar-refractivity contribution in [3.63, 3.8) is 0 Å². The molecule has 3 rings (SSSR count). The van der Waals surface area contributed by atoms with Crippen LogP contribution in [-0.2, 0) is 6.42 Å². The molecule has 0 radical (unpaired) electrons. The fourth-order valence-electron chi connectivity index (χ4n) is 3.08. The van der Waals surface area contributed by atoms with Crippen LogP contribution in [-0.4, -0.2) is 11.7 Å². The van der Waals surface area contributed by atoms with Crippen LogP contribution in [0.25, 0.3) is 0 Å². The first-order valence-corrected chi connectivity index (χ1v) is 8.20. The zero-order chi connectivity index (χ0) is 15.0. The van der Waals surface area contributed by atoms with Gasteiger partial charge in [-0.15, -0.1) is 0 Å². The summed E-state index contributed by atoms with van der Waals surface area (Å²) in [6, 6.07) is 12.8. The van der Waals surface area contributed by atoms with Gasteiger partial charge >= 0.3 is 0 Å². The molecule has 1 aliphatic rings. The Morgan fingerprint density at radius 3 is 2.71 bits per heavy atom. The zero-order valence-electron chi connectivity index (χ0n) is 12.4. The summed E-state index contributed by atoms with van der Waals surface area (Å²) in [7, 11) is 0. The monoisotopic (exact) mass is 345 g/mol. The van der Waals surface area contributed by atoms with E-state index in [1.54, 1.807) is 0 Å². The molecular formula is C18H20BrNO. The number of fused-ring (bicyclic) bond motifs is 1. The lowest BCUT2D eigenvalue weighted by atomic mass is 9.97. The summed E-state index contributed by atoms with van der Waals surface area (Å²) in [6.45, 7) is 4.96. The molecule has 1 unspecified atom stereocenters. The predicted octanol–water partition coefficient (Wildman–Crippen LogP) is 4.90. The van der Waals surface area contributed by atoms with E-state index in [2.05, 4.69) is 52.0 Å². The highest BCUT2D eigenvalue weighted by molar-refractivity contribution is 9.10. The molecule has 0 aromatic heterocycles. The van der Waals surface area contributed by atoms with Crippen molar-refractivity contribution >= 4 is 27.3 Å². The lowest BCUT2D eigenvalue weighted by Crippen LogP contribution is -2.25. The summed E-state index contributed by atoms with van der Waals surface area (Å²) in [5, 5.41) is 10.1. The molecule has 3 heteroatoms. The first kappa shape index (κ1) is 14.6. The number of rotatable bonds is 2. The molecule has 0 aliphatic carbocycles. The number of halogens is 1. The maximum Gasteiger partial charge on any atom is 0.0782 e. The van der Waals surface area contributed by atoms with Crippen LogP contribution < -0.4 is 4.90 Å². The van der Waals surface area contributed by atoms with Crippen LogP contribution in [0.1, 0.15) is 36.1 Å². The molecule has 110 valence electrons. The summed E-state index contributed by atoms with van der Waals surface area (Å²) in [6.07, 6.45) is 1.80. The molecule has 21 heavy (non-hydrogen) atoms. The van der Waals surface area contributed by atoms with Gasteiger partial charge in [0.05, 0.1) is 6.10 Å². The number of aliphatic hydroxyl groups is 1. The Morgan fingerprint density at radius 2 is 1.95 bits per heavy atom. The second kappa shape index (κ2) is 5.82. The lowest BCUT2D eigenvalue weighted by Gasteiger charge is -2.33. The standard InChI is InChI=1S/C18H20BrNO/c1-12-5-8-17-14(10-12)4-3-9-20(17)18-11-15(19)6-7-16(18)13(2)21/h5-8,10-11,13,21H,3-4,9H2,1-2H3. The van der Waals surface area contributed by atoms with Crippen LogP contribution in [0, 0.1) is 6.92 Å². The fourth-order valence-corrected chi connectivity index (χ4v) is 3.43. The molecule has 1 N–H and O–H groups in total. The molecule has 1 aliphatic heterocycles. The maximum atomic E-state index is 10.1. The first-order valence-electron chi connectivity index (χ1n) is 7.41. The van der Waals surface area contributed by atoms with Crippen molar-refractivity contribution in [2.75, 3.05) is 11.4 Å². The van der Waals surface area contributed by atoms with E-state index >= 15 is 0 Å². The van der Waals surface area contributed by atoms with Crippen LogP contribution in [0.15, 0.2) is 40.9 Å². The van der Waals surface area contributed by atoms with Crippen molar-refractivity contribution in [1.82, 2.24) is 0 Å². The van der Waals surface area contributed by atoms with Gasteiger partial charge in [-0.05, 0) is 50.5 Å². The minimum atomic E-state index is -0.469. The SMILES string of the molecule is Cc1ccc2c(c1)CCCN2c1cc(Br)ccc1C(C)O. The van der Waals surface area contributed by atoms with Gasteiger partial charge in [-0.3, -0.25) is 0 Å². The largest absolute Gasteiger partial charge is 0.389 e. The Hall–Kier alpha value is -1.32. The quantitative estimate of drug-likeness (QED) is 0.836. The Balaban J connectivity index is 2.12. The van der Waals surface area contributed by atoms with Crippen molar-refractivity contribution < 1.29 is 5.11 Å². The van der Waals surface area contributed by atoms with Crippen LogP contribution in [0.5, 0.6) is 0 Å². The van der Waals surface area contributed by atoms with E-state index in [9.17, 15) is 5.11 Å². The van der Waals surface area contributed by atoms with E-state index < -0.39 is 6.10 Å². The highest BCUT2D eigenvalue weighted by Crippen LogP contribution is 2.38. The number of nitrogens with zero attached hydrogens (tertiary/aromatic N) is 1. The molecule has 0 saturated carbocycles. The zero-order valence-corrected chi connectivity index (χ0v) is 14.0. The van der Waals surface area contributed by atoms with Gasteiger partial charge in [0.15, 0.2) is 0 Å². The number of hydrogen-bond acceptors (Lipinski definition) is 2. The van der Waals surface area contributed by atoms with E-state index in [0.29, 0.717) is 0 Å². The second-order valence-corrected chi connectivity index (χ2v) is 6.68. The summed E-state index contributed by atoms with van der Waals surface area (Å²) in [5.74, 6) is 0. The first-order chi connectivity index (χ1) is 10.1. The molecule has 0 saturated heterocycles. The Labute approximate surface area is 134 Å². The van der Waals surface area contributed by atoms with E-state index in [0.717, 1.165) is 35.1 Å². The van der Waals surface area contributed by atoms with Gasteiger partial charge < -0.3 is 10.0 Å². The number of aryl methyl sites for hydroxylation is 2. The van der Waals surface area contributed by atoms with Crippen molar-refractivity contribution in [2.45, 2.75) is 32.8 Å². The Bertz CT molecular complexity index is 666. The van der Waals surface area contributed by atoms with Crippen LogP contribution in [0.2, 0.25) is 0 Å². The fraction of sp³-hybridized carbons (Fsp3) is 0.333. The lowest BCUT2D eigenvalue weighted by molar-refractivity contribution is 0.199. The molecule has 0 spiro atoms. The van der Waals surface area contributed by atoms with Gasteiger partial charge in [-0.25, -0.2) is 0 Å².